The van der Waals surface area contributed by atoms with Crippen LogP contribution >= 0.6 is 0 Å². The van der Waals surface area contributed by atoms with Crippen molar-refractivity contribution in [3.63, 3.8) is 0 Å². The van der Waals surface area contributed by atoms with Crippen LogP contribution in [0, 0.1) is 22.7 Å². The van der Waals surface area contributed by atoms with Crippen molar-refractivity contribution >= 4 is 11.9 Å². The Labute approximate surface area is 172 Å². The molecule has 2 fully saturated rings. The molecule has 4 atom stereocenters. The van der Waals surface area contributed by atoms with E-state index in [1.54, 1.807) is 0 Å². The summed E-state index contributed by atoms with van der Waals surface area (Å²) in [5, 5.41) is 0. The Hall–Kier alpha value is -1.06. The zero-order valence-corrected chi connectivity index (χ0v) is 18.7. The van der Waals surface area contributed by atoms with Crippen molar-refractivity contribution in [2.24, 2.45) is 22.7 Å². The second-order valence-corrected chi connectivity index (χ2v) is 9.13. The number of carbonyl (C=O) groups excluding carboxylic acids is 2. The highest BCUT2D eigenvalue weighted by molar-refractivity contribution is 5.88. The molecule has 1 saturated heterocycles. The lowest BCUT2D eigenvalue weighted by molar-refractivity contribution is -0.171. The normalized spacial score (nSPS) is 31.0. The zero-order chi connectivity index (χ0) is 20.6. The first-order valence-corrected chi connectivity index (χ1v) is 11.8. The van der Waals surface area contributed by atoms with Gasteiger partial charge in [0, 0.05) is 5.41 Å². The van der Waals surface area contributed by atoms with Crippen molar-refractivity contribution in [1.82, 2.24) is 0 Å². The van der Waals surface area contributed by atoms with Gasteiger partial charge in [-0.2, -0.15) is 0 Å². The van der Waals surface area contributed by atoms with Crippen molar-refractivity contribution in [2.75, 3.05) is 13.2 Å². The SMILES string of the molecule is CCCCC(CC)COC(=O)C1CCCCC12C(=O)OCC2(CC)CCCC. The number of cyclic esters (lactones) is 1. The number of carbonyl (C=O) groups is 2. The fourth-order valence-electron chi connectivity index (χ4n) is 5.65. The molecule has 1 aliphatic carbocycles. The fraction of sp³-hybridized carbons (Fsp3) is 0.917. The molecule has 28 heavy (non-hydrogen) atoms. The largest absolute Gasteiger partial charge is 0.465 e. The first-order valence-electron chi connectivity index (χ1n) is 11.8. The van der Waals surface area contributed by atoms with Crippen LogP contribution in [0.4, 0.5) is 0 Å². The summed E-state index contributed by atoms with van der Waals surface area (Å²) in [6.45, 7) is 9.66. The lowest BCUT2D eigenvalue weighted by atomic mass is 9.51. The first kappa shape index (κ1) is 23.2. The quantitative estimate of drug-likeness (QED) is 0.399. The molecule has 0 amide bonds. The Balaban J connectivity index is 2.20. The molecule has 1 spiro atoms. The van der Waals surface area contributed by atoms with Crippen LogP contribution in [0.5, 0.6) is 0 Å². The predicted octanol–water partition coefficient (Wildman–Crippen LogP) is 6.07. The maximum atomic E-state index is 13.2. The van der Waals surface area contributed by atoms with Crippen molar-refractivity contribution in [3.05, 3.63) is 0 Å². The fourth-order valence-corrected chi connectivity index (χ4v) is 5.65. The Bertz CT molecular complexity index is 517. The summed E-state index contributed by atoms with van der Waals surface area (Å²) in [6.07, 6.45) is 12.0. The summed E-state index contributed by atoms with van der Waals surface area (Å²) in [6, 6.07) is 0. The van der Waals surface area contributed by atoms with Gasteiger partial charge in [-0.1, -0.05) is 72.6 Å². The van der Waals surface area contributed by atoms with Gasteiger partial charge >= 0.3 is 11.9 Å². The third kappa shape index (κ3) is 4.41. The first-order chi connectivity index (χ1) is 13.5. The maximum Gasteiger partial charge on any atom is 0.313 e. The number of unbranched alkanes of at least 4 members (excludes halogenated alkanes) is 2. The second-order valence-electron chi connectivity index (χ2n) is 9.13. The summed E-state index contributed by atoms with van der Waals surface area (Å²) in [5.74, 6) is -0.195. The molecule has 0 bridgehead atoms. The van der Waals surface area contributed by atoms with E-state index in [2.05, 4.69) is 27.7 Å². The van der Waals surface area contributed by atoms with Crippen molar-refractivity contribution in [1.29, 1.82) is 0 Å². The third-order valence-corrected chi connectivity index (χ3v) is 7.67. The molecule has 0 N–H and O–H groups in total. The van der Waals surface area contributed by atoms with Gasteiger partial charge in [-0.25, -0.2) is 0 Å². The van der Waals surface area contributed by atoms with E-state index in [4.69, 9.17) is 9.47 Å². The lowest BCUT2D eigenvalue weighted by Gasteiger charge is -2.48. The van der Waals surface area contributed by atoms with E-state index in [0.717, 1.165) is 64.2 Å². The van der Waals surface area contributed by atoms with E-state index < -0.39 is 5.41 Å². The van der Waals surface area contributed by atoms with Gasteiger partial charge in [0.1, 0.15) is 0 Å². The number of hydrogen-bond donors (Lipinski definition) is 0. The molecule has 0 aromatic heterocycles. The average Bonchev–Trinajstić information content (AvgIpc) is 2.99. The van der Waals surface area contributed by atoms with Gasteiger partial charge in [0.05, 0.1) is 24.5 Å². The van der Waals surface area contributed by atoms with Gasteiger partial charge in [0.2, 0.25) is 0 Å². The molecule has 0 aromatic rings. The highest BCUT2D eigenvalue weighted by Crippen LogP contribution is 2.61. The maximum absolute atomic E-state index is 13.2. The lowest BCUT2D eigenvalue weighted by Crippen LogP contribution is -2.53. The smallest absolute Gasteiger partial charge is 0.313 e. The van der Waals surface area contributed by atoms with Crippen LogP contribution in [0.3, 0.4) is 0 Å². The second kappa shape index (κ2) is 10.6. The molecule has 1 aliphatic heterocycles. The van der Waals surface area contributed by atoms with Gasteiger partial charge in [0.15, 0.2) is 0 Å². The van der Waals surface area contributed by atoms with Crippen molar-refractivity contribution in [3.8, 4) is 0 Å². The van der Waals surface area contributed by atoms with E-state index in [9.17, 15) is 9.59 Å². The molecular formula is C24H42O4. The van der Waals surface area contributed by atoms with Gasteiger partial charge in [-0.15, -0.1) is 0 Å². The van der Waals surface area contributed by atoms with Crippen molar-refractivity contribution in [2.45, 2.75) is 105 Å². The van der Waals surface area contributed by atoms with Gasteiger partial charge in [0.25, 0.3) is 0 Å². The summed E-state index contributed by atoms with van der Waals surface area (Å²) < 4.78 is 11.5. The third-order valence-electron chi connectivity index (χ3n) is 7.67. The van der Waals surface area contributed by atoms with Crippen LogP contribution in [0.15, 0.2) is 0 Å². The molecule has 4 nitrogen and oxygen atoms in total. The van der Waals surface area contributed by atoms with E-state index in [1.165, 1.54) is 12.8 Å². The number of esters is 2. The highest BCUT2D eigenvalue weighted by Gasteiger charge is 2.67. The molecule has 0 radical (unpaired) electrons. The number of rotatable bonds is 11. The molecule has 4 heteroatoms. The standard InChI is InChI=1S/C24H42O4/c1-5-9-13-19(7-3)17-27-21(25)20-14-11-12-16-24(20)22(26)28-18-23(24,8-4)15-10-6-2/h19-20H,5-18H2,1-4H3. The van der Waals surface area contributed by atoms with Crippen LogP contribution in [0.1, 0.15) is 105 Å². The van der Waals surface area contributed by atoms with Crippen LogP contribution in [0.2, 0.25) is 0 Å². The molecular weight excluding hydrogens is 352 g/mol. The van der Waals surface area contributed by atoms with E-state index in [1.807, 2.05) is 0 Å². The average molecular weight is 395 g/mol. The van der Waals surface area contributed by atoms with E-state index >= 15 is 0 Å². The van der Waals surface area contributed by atoms with Gasteiger partial charge in [-0.3, -0.25) is 9.59 Å². The van der Waals surface area contributed by atoms with Gasteiger partial charge in [-0.05, 0) is 38.0 Å². The molecule has 1 heterocycles. The minimum absolute atomic E-state index is 0.134. The Kier molecular flexibility index (Phi) is 8.82. The van der Waals surface area contributed by atoms with Crippen LogP contribution in [0.25, 0.3) is 0 Å². The molecule has 2 aliphatic rings. The van der Waals surface area contributed by atoms with Crippen LogP contribution in [-0.2, 0) is 19.1 Å². The summed E-state index contributed by atoms with van der Waals surface area (Å²) in [5.41, 5.74) is -0.881. The topological polar surface area (TPSA) is 52.6 Å². The van der Waals surface area contributed by atoms with Crippen LogP contribution in [-0.4, -0.2) is 25.2 Å². The van der Waals surface area contributed by atoms with Crippen LogP contribution < -0.4 is 0 Å². The Morgan fingerprint density at radius 2 is 1.93 bits per heavy atom. The predicted molar refractivity (Wildman–Crippen MR) is 112 cm³/mol. The molecule has 4 unspecified atom stereocenters. The summed E-state index contributed by atoms with van der Waals surface area (Å²) in [7, 11) is 0. The number of hydrogen-bond acceptors (Lipinski definition) is 4. The molecule has 1 saturated carbocycles. The van der Waals surface area contributed by atoms with E-state index in [-0.39, 0.29) is 23.3 Å². The summed E-state index contributed by atoms with van der Waals surface area (Å²) >= 11 is 0. The van der Waals surface area contributed by atoms with Gasteiger partial charge < -0.3 is 9.47 Å². The molecule has 2 rings (SSSR count). The monoisotopic (exact) mass is 394 g/mol. The molecule has 162 valence electrons. The Morgan fingerprint density at radius 1 is 1.18 bits per heavy atom. The minimum Gasteiger partial charge on any atom is -0.465 e. The highest BCUT2D eigenvalue weighted by atomic mass is 16.5. The summed E-state index contributed by atoms with van der Waals surface area (Å²) in [4.78, 5) is 26.4. The Morgan fingerprint density at radius 3 is 2.57 bits per heavy atom. The van der Waals surface area contributed by atoms with Crippen molar-refractivity contribution < 1.29 is 19.1 Å². The minimum atomic E-state index is -0.669. The molecule has 0 aromatic carbocycles. The van der Waals surface area contributed by atoms with E-state index in [0.29, 0.717) is 19.1 Å². The number of ether oxygens (including phenoxy) is 2. The zero-order valence-electron chi connectivity index (χ0n) is 18.7.